The molecule has 0 aromatic rings. The van der Waals surface area contributed by atoms with E-state index in [2.05, 4.69) is 0 Å². The first-order valence-electron chi connectivity index (χ1n) is 5.44. The predicted octanol–water partition coefficient (Wildman–Crippen LogP) is 0.757. The number of carbonyl (C=O) groups excluding carboxylic acids is 3. The summed E-state index contributed by atoms with van der Waals surface area (Å²) in [5.74, 6) is -2.46. The molecule has 1 aliphatic carbocycles. The molecule has 0 amide bonds. The van der Waals surface area contributed by atoms with E-state index < -0.39 is 23.4 Å². The molecule has 4 heteroatoms. The van der Waals surface area contributed by atoms with Crippen LogP contribution in [0, 0.1) is 17.8 Å². The smallest absolute Gasteiger partial charge is 0.146 e. The average Bonchev–Trinajstić information content (AvgIpc) is 1.97. The molecule has 0 saturated heterocycles. The third-order valence-corrected chi connectivity index (χ3v) is 3.48. The molecule has 4 atom stereocenters. The van der Waals surface area contributed by atoms with Gasteiger partial charge in [0.15, 0.2) is 0 Å². The maximum absolute atomic E-state index is 11.7. The zero-order valence-corrected chi connectivity index (χ0v) is 10.1. The van der Waals surface area contributed by atoms with Crippen molar-refractivity contribution in [1.82, 2.24) is 0 Å². The fourth-order valence-corrected chi connectivity index (χ4v) is 3.03. The van der Waals surface area contributed by atoms with E-state index in [9.17, 15) is 19.5 Å². The Hall–Kier alpha value is -1.03. The van der Waals surface area contributed by atoms with E-state index in [4.69, 9.17) is 0 Å². The molecular formula is C12H18O4. The minimum Gasteiger partial charge on any atom is -0.389 e. The van der Waals surface area contributed by atoms with Gasteiger partial charge in [0.2, 0.25) is 0 Å². The molecule has 1 rings (SSSR count). The second kappa shape index (κ2) is 4.09. The summed E-state index contributed by atoms with van der Waals surface area (Å²) in [5, 5.41) is 10.1. The van der Waals surface area contributed by atoms with Gasteiger partial charge in [-0.3, -0.25) is 14.4 Å². The summed E-state index contributed by atoms with van der Waals surface area (Å²) in [5.41, 5.74) is -1.33. The lowest BCUT2D eigenvalue weighted by atomic mass is 9.62. The Morgan fingerprint density at radius 1 is 1.31 bits per heavy atom. The standard InChI is InChI=1S/C12H18O4/c1-6-10(7(2)13)9(15)5-12(4,16)11(6)8(3)14/h6,10-11,16H,5H2,1-4H3/t6-,10+,11-,12-/m0/s1. The van der Waals surface area contributed by atoms with Crippen LogP contribution < -0.4 is 0 Å². The molecule has 1 aliphatic rings. The minimum atomic E-state index is -1.33. The van der Waals surface area contributed by atoms with Gasteiger partial charge >= 0.3 is 0 Å². The minimum absolute atomic E-state index is 0.119. The third kappa shape index (κ3) is 2.07. The van der Waals surface area contributed by atoms with E-state index in [1.165, 1.54) is 20.8 Å². The fourth-order valence-electron chi connectivity index (χ4n) is 3.03. The quantitative estimate of drug-likeness (QED) is 0.705. The molecule has 0 aliphatic heterocycles. The summed E-state index contributed by atoms with van der Waals surface area (Å²) in [6.07, 6.45) is -0.119. The van der Waals surface area contributed by atoms with Gasteiger partial charge in [-0.15, -0.1) is 0 Å². The number of ketones is 3. The second-order valence-electron chi connectivity index (χ2n) is 5.04. The molecule has 0 heterocycles. The van der Waals surface area contributed by atoms with Crippen molar-refractivity contribution in [2.45, 2.75) is 39.7 Å². The van der Waals surface area contributed by atoms with Crippen molar-refractivity contribution >= 4 is 17.3 Å². The van der Waals surface area contributed by atoms with Crippen molar-refractivity contribution in [3.8, 4) is 0 Å². The molecule has 0 aromatic heterocycles. The van der Waals surface area contributed by atoms with Crippen molar-refractivity contribution < 1.29 is 19.5 Å². The number of hydrogen-bond acceptors (Lipinski definition) is 4. The van der Waals surface area contributed by atoms with Crippen LogP contribution in [0.2, 0.25) is 0 Å². The highest BCUT2D eigenvalue weighted by molar-refractivity contribution is 6.03. The van der Waals surface area contributed by atoms with Gasteiger partial charge in [0, 0.05) is 12.3 Å². The largest absolute Gasteiger partial charge is 0.389 e. The normalized spacial score (nSPS) is 39.6. The molecular weight excluding hydrogens is 208 g/mol. The molecule has 0 aromatic carbocycles. The Kier molecular flexibility index (Phi) is 3.33. The molecule has 16 heavy (non-hydrogen) atoms. The molecule has 1 saturated carbocycles. The van der Waals surface area contributed by atoms with Crippen LogP contribution in [-0.4, -0.2) is 28.1 Å². The fraction of sp³-hybridized carbons (Fsp3) is 0.750. The first-order chi connectivity index (χ1) is 7.18. The zero-order valence-electron chi connectivity index (χ0n) is 10.1. The van der Waals surface area contributed by atoms with Gasteiger partial charge in [-0.2, -0.15) is 0 Å². The van der Waals surface area contributed by atoms with Crippen molar-refractivity contribution in [3.63, 3.8) is 0 Å². The summed E-state index contributed by atoms with van der Waals surface area (Å²) < 4.78 is 0. The van der Waals surface area contributed by atoms with Crippen LogP contribution in [0.15, 0.2) is 0 Å². The Morgan fingerprint density at radius 3 is 2.19 bits per heavy atom. The Morgan fingerprint density at radius 2 is 1.81 bits per heavy atom. The lowest BCUT2D eigenvalue weighted by molar-refractivity contribution is -0.155. The molecule has 0 bridgehead atoms. The van der Waals surface area contributed by atoms with E-state index in [0.29, 0.717) is 0 Å². The average molecular weight is 226 g/mol. The van der Waals surface area contributed by atoms with Crippen LogP contribution in [0.1, 0.15) is 34.1 Å². The maximum Gasteiger partial charge on any atom is 0.146 e. The van der Waals surface area contributed by atoms with Crippen LogP contribution in [0.3, 0.4) is 0 Å². The first-order valence-corrected chi connectivity index (χ1v) is 5.44. The van der Waals surface area contributed by atoms with Crippen molar-refractivity contribution in [1.29, 1.82) is 0 Å². The molecule has 1 N–H and O–H groups in total. The van der Waals surface area contributed by atoms with Gasteiger partial charge < -0.3 is 5.11 Å². The van der Waals surface area contributed by atoms with Gasteiger partial charge in [0.1, 0.15) is 17.3 Å². The van der Waals surface area contributed by atoms with E-state index in [1.807, 2.05) is 0 Å². The van der Waals surface area contributed by atoms with Crippen LogP contribution in [0.4, 0.5) is 0 Å². The lowest BCUT2D eigenvalue weighted by Gasteiger charge is -2.42. The van der Waals surface area contributed by atoms with E-state index in [1.54, 1.807) is 6.92 Å². The maximum atomic E-state index is 11.7. The molecule has 90 valence electrons. The lowest BCUT2D eigenvalue weighted by Crippen LogP contribution is -2.54. The zero-order chi connectivity index (χ0) is 12.7. The summed E-state index contributed by atoms with van der Waals surface area (Å²) in [4.78, 5) is 34.6. The highest BCUT2D eigenvalue weighted by Gasteiger charge is 2.51. The number of rotatable bonds is 2. The van der Waals surface area contributed by atoms with Gasteiger partial charge in [-0.1, -0.05) is 6.92 Å². The molecule has 0 spiro atoms. The van der Waals surface area contributed by atoms with Crippen LogP contribution in [0.5, 0.6) is 0 Å². The topological polar surface area (TPSA) is 71.4 Å². The Labute approximate surface area is 95.0 Å². The van der Waals surface area contributed by atoms with E-state index in [0.717, 1.165) is 0 Å². The van der Waals surface area contributed by atoms with Crippen LogP contribution in [0.25, 0.3) is 0 Å². The molecule has 1 fully saturated rings. The van der Waals surface area contributed by atoms with Gasteiger partial charge in [-0.05, 0) is 26.7 Å². The summed E-state index contributed by atoms with van der Waals surface area (Å²) >= 11 is 0. The van der Waals surface area contributed by atoms with Gasteiger partial charge in [0.25, 0.3) is 0 Å². The van der Waals surface area contributed by atoms with Crippen molar-refractivity contribution in [3.05, 3.63) is 0 Å². The van der Waals surface area contributed by atoms with Gasteiger partial charge in [-0.25, -0.2) is 0 Å². The molecule has 0 unspecified atom stereocenters. The summed E-state index contributed by atoms with van der Waals surface area (Å²) in [6.45, 7) is 5.92. The number of Topliss-reactive ketones (excluding diaryl/α,β-unsaturated/α-hetero) is 3. The Bertz CT molecular complexity index is 343. The van der Waals surface area contributed by atoms with Crippen molar-refractivity contribution in [2.24, 2.45) is 17.8 Å². The highest BCUT2D eigenvalue weighted by atomic mass is 16.3. The highest BCUT2D eigenvalue weighted by Crippen LogP contribution is 2.40. The van der Waals surface area contributed by atoms with Gasteiger partial charge in [0.05, 0.1) is 11.5 Å². The van der Waals surface area contributed by atoms with Crippen LogP contribution in [-0.2, 0) is 14.4 Å². The molecule has 4 nitrogen and oxygen atoms in total. The third-order valence-electron chi connectivity index (χ3n) is 3.48. The van der Waals surface area contributed by atoms with Crippen molar-refractivity contribution in [2.75, 3.05) is 0 Å². The van der Waals surface area contributed by atoms with Crippen LogP contribution >= 0.6 is 0 Å². The van der Waals surface area contributed by atoms with E-state index >= 15 is 0 Å². The monoisotopic (exact) mass is 226 g/mol. The second-order valence-corrected chi connectivity index (χ2v) is 5.04. The SMILES string of the molecule is CC(=O)[C@@H]1C(=O)C[C@](C)(O)[C@H](C(C)=O)[C@H]1C. The Balaban J connectivity index is 3.13. The number of hydrogen-bond donors (Lipinski definition) is 1. The number of carbonyl (C=O) groups is 3. The summed E-state index contributed by atoms with van der Waals surface area (Å²) in [6, 6.07) is 0. The number of aliphatic hydroxyl groups is 1. The van der Waals surface area contributed by atoms with E-state index in [-0.39, 0.29) is 23.8 Å². The summed E-state index contributed by atoms with van der Waals surface area (Å²) in [7, 11) is 0. The first kappa shape index (κ1) is 13.0. The predicted molar refractivity (Wildman–Crippen MR) is 57.8 cm³/mol. The molecule has 0 radical (unpaired) electrons.